The fourth-order valence-corrected chi connectivity index (χ4v) is 4.30. The van der Waals surface area contributed by atoms with Crippen LogP contribution in [0.25, 0.3) is 0 Å². The van der Waals surface area contributed by atoms with Gasteiger partial charge in [-0.2, -0.15) is 0 Å². The van der Waals surface area contributed by atoms with E-state index in [2.05, 4.69) is 6.92 Å². The van der Waals surface area contributed by atoms with E-state index in [9.17, 15) is 8.42 Å². The third kappa shape index (κ3) is 5.31. The van der Waals surface area contributed by atoms with Crippen LogP contribution in [-0.4, -0.2) is 26.5 Å². The van der Waals surface area contributed by atoms with Gasteiger partial charge < -0.3 is 4.74 Å². The van der Waals surface area contributed by atoms with Crippen molar-refractivity contribution >= 4 is 9.84 Å². The van der Waals surface area contributed by atoms with Crippen LogP contribution in [0.5, 0.6) is 5.75 Å². The predicted octanol–water partition coefficient (Wildman–Crippen LogP) is 4.18. The van der Waals surface area contributed by atoms with Gasteiger partial charge in [-0.1, -0.05) is 39.3 Å². The maximum Gasteiger partial charge on any atom is 0.150 e. The molecule has 0 bridgehead atoms. The van der Waals surface area contributed by atoms with Crippen LogP contribution in [0.4, 0.5) is 0 Å². The van der Waals surface area contributed by atoms with E-state index < -0.39 is 9.84 Å². The van der Waals surface area contributed by atoms with Crippen molar-refractivity contribution in [3.8, 4) is 5.75 Å². The Hall–Kier alpha value is -1.03. The Morgan fingerprint density at radius 3 is 2.68 bits per heavy atom. The molecule has 4 heteroatoms. The van der Waals surface area contributed by atoms with E-state index in [4.69, 9.17) is 4.74 Å². The summed E-state index contributed by atoms with van der Waals surface area (Å²) >= 11 is 0. The Kier molecular flexibility index (Phi) is 5.54. The van der Waals surface area contributed by atoms with Gasteiger partial charge in [0, 0.05) is 5.41 Å². The highest BCUT2D eigenvalue weighted by atomic mass is 32.2. The first-order valence-corrected chi connectivity index (χ1v) is 10.1. The van der Waals surface area contributed by atoms with E-state index in [-0.39, 0.29) is 11.7 Å². The van der Waals surface area contributed by atoms with Crippen molar-refractivity contribution in [2.45, 2.75) is 52.4 Å². The number of rotatable bonds is 9. The zero-order valence-electron chi connectivity index (χ0n) is 14.0. The van der Waals surface area contributed by atoms with Gasteiger partial charge in [-0.15, -0.1) is 0 Å². The van der Waals surface area contributed by atoms with Gasteiger partial charge in [0.2, 0.25) is 0 Å². The number of unbranched alkanes of at least 4 members (excludes halogenated alkanes) is 1. The number of benzene rings is 1. The van der Waals surface area contributed by atoms with Gasteiger partial charge in [-0.05, 0) is 42.9 Å². The molecule has 1 fully saturated rings. The van der Waals surface area contributed by atoms with E-state index >= 15 is 0 Å². The lowest BCUT2D eigenvalue weighted by molar-refractivity contribution is 0.247. The molecule has 0 radical (unpaired) electrons. The van der Waals surface area contributed by atoms with Gasteiger partial charge in [0.25, 0.3) is 0 Å². The summed E-state index contributed by atoms with van der Waals surface area (Å²) in [5, 5.41) is 0. The third-order valence-corrected chi connectivity index (χ3v) is 6.35. The number of hydrogen-bond donors (Lipinski definition) is 0. The van der Waals surface area contributed by atoms with E-state index in [1.165, 1.54) is 12.8 Å². The standard InChI is InChI=1S/C18H28O3S/c1-4-5-11-22(19,20)13-15(2)16-7-6-8-17(12-16)21-14-18(3)9-10-18/h6-8,12,15H,4-5,9-11,13-14H2,1-3H3/t15-/m0/s1. The maximum absolute atomic E-state index is 12.1. The second-order valence-corrected chi connectivity index (χ2v) is 9.27. The molecule has 0 amide bonds. The van der Waals surface area contributed by atoms with E-state index in [1.54, 1.807) is 0 Å². The van der Waals surface area contributed by atoms with Gasteiger partial charge >= 0.3 is 0 Å². The molecule has 1 atom stereocenters. The fourth-order valence-electron chi connectivity index (χ4n) is 2.45. The Labute approximate surface area is 135 Å². The molecule has 1 aromatic carbocycles. The average molecular weight is 324 g/mol. The van der Waals surface area contributed by atoms with Gasteiger partial charge in [0.05, 0.1) is 18.1 Å². The minimum atomic E-state index is -2.97. The van der Waals surface area contributed by atoms with Crippen LogP contribution >= 0.6 is 0 Å². The Bertz CT molecular complexity index is 588. The molecule has 1 aliphatic carbocycles. The second-order valence-electron chi connectivity index (χ2n) is 7.04. The summed E-state index contributed by atoms with van der Waals surface area (Å²) in [6.07, 6.45) is 4.13. The van der Waals surface area contributed by atoms with Crippen molar-refractivity contribution in [3.63, 3.8) is 0 Å². The average Bonchev–Trinajstić information content (AvgIpc) is 3.21. The van der Waals surface area contributed by atoms with Crippen LogP contribution in [0.15, 0.2) is 24.3 Å². The summed E-state index contributed by atoms with van der Waals surface area (Å²) in [7, 11) is -2.97. The topological polar surface area (TPSA) is 43.4 Å². The van der Waals surface area contributed by atoms with Crippen molar-refractivity contribution < 1.29 is 13.2 Å². The van der Waals surface area contributed by atoms with Crippen LogP contribution in [0.3, 0.4) is 0 Å². The monoisotopic (exact) mass is 324 g/mol. The van der Waals surface area contributed by atoms with Crippen LogP contribution in [0.1, 0.15) is 57.9 Å². The van der Waals surface area contributed by atoms with Crippen molar-refractivity contribution in [1.82, 2.24) is 0 Å². The molecule has 0 saturated heterocycles. The molecule has 124 valence electrons. The predicted molar refractivity (Wildman–Crippen MR) is 91.3 cm³/mol. The molecule has 1 aliphatic rings. The van der Waals surface area contributed by atoms with Gasteiger partial charge in [0.15, 0.2) is 9.84 Å². The molecule has 3 nitrogen and oxygen atoms in total. The van der Waals surface area contributed by atoms with E-state index in [0.29, 0.717) is 11.2 Å². The van der Waals surface area contributed by atoms with E-state index in [1.807, 2.05) is 38.1 Å². The molecular formula is C18H28O3S. The summed E-state index contributed by atoms with van der Waals surface area (Å²) in [6, 6.07) is 7.89. The van der Waals surface area contributed by atoms with Crippen LogP contribution in [0.2, 0.25) is 0 Å². The quantitative estimate of drug-likeness (QED) is 0.684. The number of ether oxygens (including phenoxy) is 1. The molecular weight excluding hydrogens is 296 g/mol. The lowest BCUT2D eigenvalue weighted by Gasteiger charge is -2.15. The van der Waals surface area contributed by atoms with Crippen LogP contribution in [-0.2, 0) is 9.84 Å². The molecule has 0 aliphatic heterocycles. The lowest BCUT2D eigenvalue weighted by atomic mass is 10.0. The van der Waals surface area contributed by atoms with E-state index in [0.717, 1.165) is 30.8 Å². The first kappa shape index (κ1) is 17.3. The molecule has 0 aromatic heterocycles. The SMILES string of the molecule is CCCCS(=O)(=O)C[C@H](C)c1cccc(OCC2(C)CC2)c1. The van der Waals surface area contributed by atoms with Crippen molar-refractivity contribution in [3.05, 3.63) is 29.8 Å². The molecule has 0 N–H and O–H groups in total. The van der Waals surface area contributed by atoms with Crippen molar-refractivity contribution in [2.75, 3.05) is 18.1 Å². The fraction of sp³-hybridized carbons (Fsp3) is 0.667. The summed E-state index contributed by atoms with van der Waals surface area (Å²) < 4.78 is 30.1. The number of hydrogen-bond acceptors (Lipinski definition) is 3. The highest BCUT2D eigenvalue weighted by Gasteiger charge is 2.38. The normalized spacial score (nSPS) is 18.0. The Morgan fingerprint density at radius 2 is 2.05 bits per heavy atom. The summed E-state index contributed by atoms with van der Waals surface area (Å²) in [6.45, 7) is 6.98. The highest BCUT2D eigenvalue weighted by Crippen LogP contribution is 2.45. The lowest BCUT2D eigenvalue weighted by Crippen LogP contribution is -2.16. The summed E-state index contributed by atoms with van der Waals surface area (Å²) in [4.78, 5) is 0. The maximum atomic E-state index is 12.1. The van der Waals surface area contributed by atoms with Gasteiger partial charge in [-0.25, -0.2) is 8.42 Å². The third-order valence-electron chi connectivity index (χ3n) is 4.43. The molecule has 1 aromatic rings. The molecule has 2 rings (SSSR count). The zero-order chi connectivity index (χ0) is 16.2. The minimum Gasteiger partial charge on any atom is -0.493 e. The van der Waals surface area contributed by atoms with Gasteiger partial charge in [0.1, 0.15) is 5.75 Å². The summed E-state index contributed by atoms with van der Waals surface area (Å²) in [5.74, 6) is 1.36. The molecule has 22 heavy (non-hydrogen) atoms. The minimum absolute atomic E-state index is 0.00178. The largest absolute Gasteiger partial charge is 0.493 e. The highest BCUT2D eigenvalue weighted by molar-refractivity contribution is 7.91. The Morgan fingerprint density at radius 1 is 1.32 bits per heavy atom. The van der Waals surface area contributed by atoms with Crippen molar-refractivity contribution in [2.24, 2.45) is 5.41 Å². The van der Waals surface area contributed by atoms with Crippen LogP contribution in [0, 0.1) is 5.41 Å². The molecule has 1 saturated carbocycles. The van der Waals surface area contributed by atoms with Crippen molar-refractivity contribution in [1.29, 1.82) is 0 Å². The van der Waals surface area contributed by atoms with Crippen LogP contribution < -0.4 is 4.74 Å². The number of sulfone groups is 1. The first-order chi connectivity index (χ1) is 10.3. The zero-order valence-corrected chi connectivity index (χ0v) is 14.8. The molecule has 0 heterocycles. The van der Waals surface area contributed by atoms with Gasteiger partial charge in [-0.3, -0.25) is 0 Å². The summed E-state index contributed by atoms with van der Waals surface area (Å²) in [5.41, 5.74) is 1.39. The second kappa shape index (κ2) is 7.03. The Balaban J connectivity index is 1.95. The first-order valence-electron chi connectivity index (χ1n) is 8.27. The smallest absolute Gasteiger partial charge is 0.150 e. The molecule has 0 unspecified atom stereocenters. The molecule has 0 spiro atoms.